The van der Waals surface area contributed by atoms with Crippen LogP contribution in [0.1, 0.15) is 37.6 Å². The van der Waals surface area contributed by atoms with Crippen molar-refractivity contribution in [3.63, 3.8) is 0 Å². The summed E-state index contributed by atoms with van der Waals surface area (Å²) >= 11 is 0. The Morgan fingerprint density at radius 3 is 2.18 bits per heavy atom. The molecule has 0 bridgehead atoms. The fraction of sp³-hybridized carbons (Fsp3) is 0.500. The van der Waals surface area contributed by atoms with Gasteiger partial charge in [-0.15, -0.1) is 0 Å². The SMILES string of the molecule is CC(C)(C)NC(=O)O.O=C(c1ccccc1)[C@@H]1C[C@@H](O)CN1. The van der Waals surface area contributed by atoms with Gasteiger partial charge in [-0.3, -0.25) is 4.79 Å². The Bertz CT molecular complexity index is 497. The van der Waals surface area contributed by atoms with Gasteiger partial charge in [-0.1, -0.05) is 30.3 Å². The number of ketones is 1. The molecule has 122 valence electrons. The van der Waals surface area contributed by atoms with Crippen molar-refractivity contribution in [2.45, 2.75) is 44.9 Å². The molecule has 1 heterocycles. The number of rotatable bonds is 2. The summed E-state index contributed by atoms with van der Waals surface area (Å²) in [5, 5.41) is 22.7. The van der Waals surface area contributed by atoms with Gasteiger partial charge < -0.3 is 20.8 Å². The standard InChI is InChI=1S/C11H13NO2.C5H11NO2/c13-9-6-10(12-7-9)11(14)8-4-2-1-3-5-8;1-5(2,3)6-4(7)8/h1-5,9-10,12-13H,6-7H2;6H,1-3H3,(H,7,8)/t9-,10+;/m1./s1. The van der Waals surface area contributed by atoms with Gasteiger partial charge in [0.1, 0.15) is 0 Å². The molecule has 0 aromatic heterocycles. The number of carbonyl (C=O) groups excluding carboxylic acids is 1. The molecule has 0 saturated carbocycles. The van der Waals surface area contributed by atoms with E-state index in [2.05, 4.69) is 10.6 Å². The van der Waals surface area contributed by atoms with E-state index in [1.165, 1.54) is 0 Å². The molecule has 0 spiro atoms. The van der Waals surface area contributed by atoms with E-state index >= 15 is 0 Å². The van der Waals surface area contributed by atoms with Crippen molar-refractivity contribution in [3.05, 3.63) is 35.9 Å². The molecule has 0 aliphatic carbocycles. The zero-order valence-electron chi connectivity index (χ0n) is 13.2. The Morgan fingerprint density at radius 2 is 1.82 bits per heavy atom. The fourth-order valence-corrected chi connectivity index (χ4v) is 2.04. The summed E-state index contributed by atoms with van der Waals surface area (Å²) in [4.78, 5) is 21.7. The summed E-state index contributed by atoms with van der Waals surface area (Å²) < 4.78 is 0. The Morgan fingerprint density at radius 1 is 1.23 bits per heavy atom. The number of β-amino-alcohol motifs (C(OH)–C–C–N with tert-alkyl or cyclic N) is 1. The molecule has 0 radical (unpaired) electrons. The van der Waals surface area contributed by atoms with E-state index in [1.807, 2.05) is 18.2 Å². The Kier molecular flexibility index (Phi) is 6.52. The van der Waals surface area contributed by atoms with Crippen molar-refractivity contribution in [1.29, 1.82) is 0 Å². The molecule has 4 N–H and O–H groups in total. The first-order chi connectivity index (χ1) is 10.2. The minimum Gasteiger partial charge on any atom is -0.465 e. The van der Waals surface area contributed by atoms with Gasteiger partial charge in [-0.05, 0) is 27.2 Å². The molecule has 0 unspecified atom stereocenters. The molecular weight excluding hydrogens is 284 g/mol. The Labute approximate surface area is 130 Å². The van der Waals surface area contributed by atoms with E-state index in [0.717, 1.165) is 0 Å². The number of amides is 1. The molecule has 1 aliphatic heterocycles. The second-order valence-corrected chi connectivity index (χ2v) is 6.26. The van der Waals surface area contributed by atoms with Gasteiger partial charge >= 0.3 is 6.09 Å². The lowest BCUT2D eigenvalue weighted by atomic mass is 10.0. The minimum absolute atomic E-state index is 0.0714. The highest BCUT2D eigenvalue weighted by Crippen LogP contribution is 2.12. The van der Waals surface area contributed by atoms with Crippen LogP contribution in [0.2, 0.25) is 0 Å². The fourth-order valence-electron chi connectivity index (χ4n) is 2.04. The predicted octanol–water partition coefficient (Wildman–Crippen LogP) is 1.64. The summed E-state index contributed by atoms with van der Waals surface area (Å²) in [6, 6.07) is 8.96. The first kappa shape index (κ1) is 18.1. The number of carbonyl (C=O) groups is 2. The number of hydrogen-bond donors (Lipinski definition) is 4. The topological polar surface area (TPSA) is 98.7 Å². The van der Waals surface area contributed by atoms with Crippen molar-refractivity contribution in [2.75, 3.05) is 6.54 Å². The molecule has 1 aromatic rings. The third-order valence-corrected chi connectivity index (χ3v) is 2.96. The van der Waals surface area contributed by atoms with Crippen molar-refractivity contribution in [2.24, 2.45) is 0 Å². The van der Waals surface area contributed by atoms with Gasteiger partial charge in [-0.25, -0.2) is 4.79 Å². The van der Waals surface area contributed by atoms with Crippen LogP contribution >= 0.6 is 0 Å². The molecular formula is C16H24N2O4. The summed E-state index contributed by atoms with van der Waals surface area (Å²) in [6.07, 6.45) is -0.835. The van der Waals surface area contributed by atoms with Crippen LogP contribution in [0, 0.1) is 0 Å². The van der Waals surface area contributed by atoms with Crippen molar-refractivity contribution in [1.82, 2.24) is 10.6 Å². The number of aliphatic hydroxyl groups is 1. The number of aliphatic hydroxyl groups excluding tert-OH is 1. The average Bonchev–Trinajstić information content (AvgIpc) is 2.83. The zero-order chi connectivity index (χ0) is 16.8. The van der Waals surface area contributed by atoms with Gasteiger partial charge in [0.15, 0.2) is 5.78 Å². The van der Waals surface area contributed by atoms with Crippen LogP contribution in [0.5, 0.6) is 0 Å². The maximum absolute atomic E-state index is 11.8. The summed E-state index contributed by atoms with van der Waals surface area (Å²) in [5.41, 5.74) is 0.380. The number of nitrogens with one attached hydrogen (secondary N) is 2. The molecule has 1 fully saturated rings. The molecule has 1 saturated heterocycles. The van der Waals surface area contributed by atoms with Crippen LogP contribution in [0.25, 0.3) is 0 Å². The maximum atomic E-state index is 11.8. The highest BCUT2D eigenvalue weighted by Gasteiger charge is 2.28. The van der Waals surface area contributed by atoms with Gasteiger partial charge in [0.05, 0.1) is 12.1 Å². The van der Waals surface area contributed by atoms with Gasteiger partial charge in [0.25, 0.3) is 0 Å². The first-order valence-electron chi connectivity index (χ1n) is 7.21. The highest BCUT2D eigenvalue weighted by molar-refractivity contribution is 6.00. The van der Waals surface area contributed by atoms with Crippen LogP contribution < -0.4 is 10.6 Å². The predicted molar refractivity (Wildman–Crippen MR) is 84.1 cm³/mol. The average molecular weight is 308 g/mol. The van der Waals surface area contributed by atoms with Gasteiger partial charge in [0.2, 0.25) is 0 Å². The van der Waals surface area contributed by atoms with Gasteiger partial charge in [-0.2, -0.15) is 0 Å². The lowest BCUT2D eigenvalue weighted by Gasteiger charge is -2.16. The molecule has 6 nitrogen and oxygen atoms in total. The van der Waals surface area contributed by atoms with E-state index in [0.29, 0.717) is 18.5 Å². The monoisotopic (exact) mass is 308 g/mol. The molecule has 22 heavy (non-hydrogen) atoms. The second kappa shape index (κ2) is 7.91. The quantitative estimate of drug-likeness (QED) is 0.623. The Hall–Kier alpha value is -1.92. The molecule has 2 atom stereocenters. The van der Waals surface area contributed by atoms with E-state index in [9.17, 15) is 14.7 Å². The number of hydrogen-bond acceptors (Lipinski definition) is 4. The van der Waals surface area contributed by atoms with Crippen LogP contribution in [-0.2, 0) is 0 Å². The zero-order valence-corrected chi connectivity index (χ0v) is 13.2. The highest BCUT2D eigenvalue weighted by atomic mass is 16.4. The van der Waals surface area contributed by atoms with Crippen LogP contribution in [0.4, 0.5) is 4.79 Å². The lowest BCUT2D eigenvalue weighted by Crippen LogP contribution is -2.39. The minimum atomic E-state index is -0.975. The van der Waals surface area contributed by atoms with E-state index in [-0.39, 0.29) is 23.5 Å². The summed E-state index contributed by atoms with van der Waals surface area (Å²) in [6.45, 7) is 5.90. The lowest BCUT2D eigenvalue weighted by molar-refractivity contribution is 0.0942. The summed E-state index contributed by atoms with van der Waals surface area (Å²) in [7, 11) is 0. The van der Waals surface area contributed by atoms with Crippen molar-refractivity contribution >= 4 is 11.9 Å². The Balaban J connectivity index is 0.000000261. The van der Waals surface area contributed by atoms with Crippen LogP contribution in [0.15, 0.2) is 30.3 Å². The number of carboxylic acid groups (broad SMARTS) is 1. The second-order valence-electron chi connectivity index (χ2n) is 6.26. The van der Waals surface area contributed by atoms with E-state index < -0.39 is 6.09 Å². The van der Waals surface area contributed by atoms with Gasteiger partial charge in [0, 0.05) is 17.6 Å². The third-order valence-electron chi connectivity index (χ3n) is 2.96. The third kappa shape index (κ3) is 6.69. The van der Waals surface area contributed by atoms with Crippen molar-refractivity contribution in [3.8, 4) is 0 Å². The number of Topliss-reactive ketones (excluding diaryl/α,β-unsaturated/α-hetero) is 1. The largest absolute Gasteiger partial charge is 0.465 e. The smallest absolute Gasteiger partial charge is 0.405 e. The normalized spacial score (nSPS) is 20.7. The van der Waals surface area contributed by atoms with E-state index in [4.69, 9.17) is 5.11 Å². The molecule has 1 aliphatic rings. The van der Waals surface area contributed by atoms with Crippen LogP contribution in [-0.4, -0.2) is 46.3 Å². The maximum Gasteiger partial charge on any atom is 0.405 e. The van der Waals surface area contributed by atoms with Crippen LogP contribution in [0.3, 0.4) is 0 Å². The summed E-state index contributed by atoms with van der Waals surface area (Å²) in [5.74, 6) is 0.0714. The molecule has 6 heteroatoms. The molecule has 1 aromatic carbocycles. The molecule has 1 amide bonds. The van der Waals surface area contributed by atoms with E-state index in [1.54, 1.807) is 32.9 Å². The van der Waals surface area contributed by atoms with Crippen molar-refractivity contribution < 1.29 is 19.8 Å². The molecule has 2 rings (SSSR count). The first-order valence-corrected chi connectivity index (χ1v) is 7.21. The number of benzene rings is 1.